The number of aliphatic hydroxyl groups is 1. The van der Waals surface area contributed by atoms with E-state index >= 15 is 0 Å². The van der Waals surface area contributed by atoms with Gasteiger partial charge in [0.25, 0.3) is 5.91 Å². The van der Waals surface area contributed by atoms with Crippen LogP contribution in [0.1, 0.15) is 50.2 Å². The molecular weight excluding hydrogens is 480 g/mol. The lowest BCUT2D eigenvalue weighted by Gasteiger charge is -2.37. The molecule has 0 saturated carbocycles. The minimum atomic E-state index is -3.95. The van der Waals surface area contributed by atoms with Crippen molar-refractivity contribution in [1.29, 1.82) is 0 Å². The molecule has 2 aromatic rings. The first kappa shape index (κ1) is 27.6. The fourth-order valence-electron chi connectivity index (χ4n) is 3.84. The first-order chi connectivity index (χ1) is 17.0. The predicted molar refractivity (Wildman–Crippen MR) is 136 cm³/mol. The van der Waals surface area contributed by atoms with Crippen LogP contribution in [0.15, 0.2) is 41.7 Å². The Morgan fingerprint density at radius 3 is 2.69 bits per heavy atom. The smallest absolute Gasteiger partial charge is 0.273 e. The number of likely N-dealkylation sites (N-methyl/N-ethyl adjacent to an activating group) is 1. The molecule has 3 rings (SSSR count). The third-order valence-corrected chi connectivity index (χ3v) is 8.01. The fourth-order valence-corrected chi connectivity index (χ4v) is 5.66. The van der Waals surface area contributed by atoms with Gasteiger partial charge in [-0.2, -0.15) is 4.31 Å². The molecule has 194 valence electrons. The van der Waals surface area contributed by atoms with Gasteiger partial charge in [0.2, 0.25) is 10.0 Å². The van der Waals surface area contributed by atoms with Gasteiger partial charge in [-0.05, 0) is 31.0 Å². The number of hydrogen-bond donors (Lipinski definition) is 1. The van der Waals surface area contributed by atoms with Crippen molar-refractivity contribution in [3.05, 3.63) is 48.0 Å². The maximum atomic E-state index is 13.6. The summed E-state index contributed by atoms with van der Waals surface area (Å²) in [5.41, 5.74) is 0.849. The van der Waals surface area contributed by atoms with E-state index in [-0.39, 0.29) is 47.9 Å². The number of benzene rings is 1. The predicted octanol–water partition coefficient (Wildman–Crippen LogP) is 2.42. The van der Waals surface area contributed by atoms with Crippen molar-refractivity contribution in [2.24, 2.45) is 11.8 Å². The van der Waals surface area contributed by atoms with Gasteiger partial charge in [0.1, 0.15) is 22.4 Å². The molecule has 3 atom stereocenters. The van der Waals surface area contributed by atoms with Gasteiger partial charge in [-0.3, -0.25) is 9.78 Å². The van der Waals surface area contributed by atoms with Gasteiger partial charge in [-0.1, -0.05) is 32.6 Å². The van der Waals surface area contributed by atoms with Crippen molar-refractivity contribution < 1.29 is 23.1 Å². The molecule has 1 aliphatic rings. The van der Waals surface area contributed by atoms with E-state index in [1.165, 1.54) is 33.9 Å². The lowest BCUT2D eigenvalue weighted by atomic mass is 10.0. The highest BCUT2D eigenvalue weighted by Crippen LogP contribution is 2.34. The Balaban J connectivity index is 2.00. The van der Waals surface area contributed by atoms with Gasteiger partial charge in [0.05, 0.1) is 19.3 Å². The second kappa shape index (κ2) is 11.8. The highest BCUT2D eigenvalue weighted by molar-refractivity contribution is 7.89. The van der Waals surface area contributed by atoms with Crippen molar-refractivity contribution in [3.8, 4) is 17.6 Å². The number of fused-ring (bicyclic) bond motifs is 1. The molecule has 1 aromatic heterocycles. The number of aromatic nitrogens is 2. The van der Waals surface area contributed by atoms with E-state index in [2.05, 4.69) is 35.7 Å². The largest absolute Gasteiger partial charge is 0.487 e. The minimum Gasteiger partial charge on any atom is -0.487 e. The van der Waals surface area contributed by atoms with E-state index in [0.29, 0.717) is 17.9 Å². The second-order valence-electron chi connectivity index (χ2n) is 9.58. The van der Waals surface area contributed by atoms with Crippen LogP contribution in [0.5, 0.6) is 5.75 Å². The summed E-state index contributed by atoms with van der Waals surface area (Å²) in [4.78, 5) is 22.4. The maximum absolute atomic E-state index is 13.6. The number of carbonyl (C=O) groups is 1. The zero-order chi connectivity index (χ0) is 26.5. The van der Waals surface area contributed by atoms with Gasteiger partial charge >= 0.3 is 0 Å². The molecule has 1 aromatic carbocycles. The van der Waals surface area contributed by atoms with Crippen LogP contribution in [0, 0.1) is 23.7 Å². The quantitative estimate of drug-likeness (QED) is 0.589. The van der Waals surface area contributed by atoms with Crippen molar-refractivity contribution in [2.75, 3.05) is 26.7 Å². The summed E-state index contributed by atoms with van der Waals surface area (Å²) < 4.78 is 34.8. The molecule has 0 aliphatic carbocycles. The summed E-state index contributed by atoms with van der Waals surface area (Å²) in [5.74, 6) is 6.18. The second-order valence-corrected chi connectivity index (χ2v) is 11.4. The number of aliphatic hydroxyl groups excluding tert-OH is 1. The van der Waals surface area contributed by atoms with Crippen LogP contribution in [0.4, 0.5) is 0 Å². The number of ether oxygens (including phenoxy) is 1. The summed E-state index contributed by atoms with van der Waals surface area (Å²) >= 11 is 0. The molecule has 0 saturated heterocycles. The van der Waals surface area contributed by atoms with Crippen LogP contribution < -0.4 is 4.74 Å². The molecule has 1 N–H and O–H groups in total. The molecule has 0 spiro atoms. The van der Waals surface area contributed by atoms with Crippen molar-refractivity contribution in [3.63, 3.8) is 0 Å². The van der Waals surface area contributed by atoms with Crippen LogP contribution in [-0.4, -0.2) is 77.5 Å². The van der Waals surface area contributed by atoms with Crippen LogP contribution >= 0.6 is 0 Å². The molecule has 36 heavy (non-hydrogen) atoms. The fraction of sp³-hybridized carbons (Fsp3) is 0.500. The molecule has 2 heterocycles. The monoisotopic (exact) mass is 514 g/mol. The Morgan fingerprint density at radius 2 is 2.06 bits per heavy atom. The van der Waals surface area contributed by atoms with E-state index < -0.39 is 22.2 Å². The molecule has 0 bridgehead atoms. The van der Waals surface area contributed by atoms with Crippen molar-refractivity contribution in [1.82, 2.24) is 19.2 Å². The zero-order valence-corrected chi connectivity index (χ0v) is 22.2. The number of hydrogen-bond acceptors (Lipinski definition) is 7. The summed E-state index contributed by atoms with van der Waals surface area (Å²) in [6.07, 6.45) is 4.53. The van der Waals surface area contributed by atoms with E-state index in [1.807, 2.05) is 6.92 Å². The van der Waals surface area contributed by atoms with Gasteiger partial charge in [-0.15, -0.1) is 0 Å². The molecule has 0 unspecified atom stereocenters. The standard InChI is InChI=1S/C26H34N4O5S/c1-18(2)7-6-8-21-9-10-25-23(13-21)35-24(16-29(5)26(32)22-14-27-11-12-28-22)19(3)15-30(20(4)17-31)36(25,33)34/h9-14,18-20,24,31H,7,15-17H2,1-5H3/t19-,20-,24+/m0/s1. The van der Waals surface area contributed by atoms with Gasteiger partial charge in [-0.25, -0.2) is 13.4 Å². The Labute approximate surface area is 213 Å². The first-order valence-corrected chi connectivity index (χ1v) is 13.4. The summed E-state index contributed by atoms with van der Waals surface area (Å²) in [6, 6.07) is 4.17. The number of rotatable bonds is 6. The van der Waals surface area contributed by atoms with Crippen LogP contribution in [0.3, 0.4) is 0 Å². The lowest BCUT2D eigenvalue weighted by molar-refractivity contribution is 0.0559. The third kappa shape index (κ3) is 6.40. The van der Waals surface area contributed by atoms with Crippen molar-refractivity contribution in [2.45, 2.75) is 51.2 Å². The summed E-state index contributed by atoms with van der Waals surface area (Å²) in [6.45, 7) is 7.68. The van der Waals surface area contributed by atoms with Gasteiger partial charge in [0.15, 0.2) is 0 Å². The minimum absolute atomic E-state index is 0.0111. The Kier molecular flexibility index (Phi) is 9.06. The molecular formula is C26H34N4O5S. The van der Waals surface area contributed by atoms with E-state index in [4.69, 9.17) is 4.74 Å². The van der Waals surface area contributed by atoms with Gasteiger partial charge < -0.3 is 14.7 Å². The Hall–Kier alpha value is -3.00. The lowest BCUT2D eigenvalue weighted by Crippen LogP contribution is -2.50. The van der Waals surface area contributed by atoms with E-state index in [9.17, 15) is 18.3 Å². The summed E-state index contributed by atoms with van der Waals surface area (Å²) in [5, 5.41) is 9.79. The Morgan fingerprint density at radius 1 is 1.31 bits per heavy atom. The molecule has 1 aliphatic heterocycles. The molecule has 0 radical (unpaired) electrons. The molecule has 9 nitrogen and oxygen atoms in total. The van der Waals surface area contributed by atoms with E-state index in [1.54, 1.807) is 26.1 Å². The normalized spacial score (nSPS) is 20.2. The highest BCUT2D eigenvalue weighted by atomic mass is 32.2. The number of amides is 1. The number of carbonyl (C=O) groups excluding carboxylic acids is 1. The molecule has 0 fully saturated rings. The van der Waals surface area contributed by atoms with E-state index in [0.717, 1.165) is 0 Å². The van der Waals surface area contributed by atoms with Crippen LogP contribution in [-0.2, 0) is 10.0 Å². The van der Waals surface area contributed by atoms with Gasteiger partial charge in [0, 0.05) is 49.9 Å². The third-order valence-electron chi connectivity index (χ3n) is 5.99. The average Bonchev–Trinajstić information content (AvgIpc) is 2.85. The number of sulfonamides is 1. The first-order valence-electron chi connectivity index (χ1n) is 12.0. The highest BCUT2D eigenvalue weighted by Gasteiger charge is 2.38. The van der Waals surface area contributed by atoms with Crippen LogP contribution in [0.2, 0.25) is 0 Å². The topological polar surface area (TPSA) is 113 Å². The Bertz CT molecular complexity index is 1220. The molecule has 10 heteroatoms. The average molecular weight is 515 g/mol. The summed E-state index contributed by atoms with van der Waals surface area (Å²) in [7, 11) is -2.30. The van der Waals surface area contributed by atoms with Crippen molar-refractivity contribution >= 4 is 15.9 Å². The number of nitrogens with zero attached hydrogens (tertiary/aromatic N) is 4. The SMILES string of the molecule is CC(C)CC#Cc1ccc2c(c1)O[C@H](CN(C)C(=O)c1cnccn1)[C@@H](C)CN([C@@H](C)CO)S2(=O)=O. The maximum Gasteiger partial charge on any atom is 0.273 e. The molecule has 1 amide bonds. The van der Waals surface area contributed by atoms with Crippen LogP contribution in [0.25, 0.3) is 0 Å². The zero-order valence-electron chi connectivity index (χ0n) is 21.4.